The molecule has 0 aliphatic carbocycles. The first kappa shape index (κ1) is 32.4. The second-order valence-electron chi connectivity index (χ2n) is 14.7. The molecule has 0 saturated heterocycles. The van der Waals surface area contributed by atoms with E-state index in [-0.39, 0.29) is 0 Å². The van der Waals surface area contributed by atoms with Crippen molar-refractivity contribution < 1.29 is 8.83 Å². The largest absolute Gasteiger partial charge is 0.456 e. The molecule has 0 bridgehead atoms. The zero-order valence-electron chi connectivity index (χ0n) is 31.1. The maximum Gasteiger partial charge on any atom is 0.164 e. The Balaban J connectivity index is 1.06. The van der Waals surface area contributed by atoms with Gasteiger partial charge in [-0.15, -0.1) is 0 Å². The number of aromatic nitrogens is 3. The van der Waals surface area contributed by atoms with Gasteiger partial charge in [-0.25, -0.2) is 15.0 Å². The van der Waals surface area contributed by atoms with Crippen LogP contribution in [0.2, 0.25) is 0 Å². The first-order valence-electron chi connectivity index (χ1n) is 19.4. The van der Waals surface area contributed by atoms with Crippen LogP contribution in [0.25, 0.3) is 122 Å². The Morgan fingerprint density at radius 2 is 0.862 bits per heavy atom. The molecule has 3 aromatic heterocycles. The monoisotopic (exact) mass is 741 g/mol. The van der Waals surface area contributed by atoms with Crippen LogP contribution in [0, 0.1) is 0 Å². The lowest BCUT2D eigenvalue weighted by Crippen LogP contribution is -2.01. The number of fused-ring (bicyclic) bond motifs is 8. The lowest BCUT2D eigenvalue weighted by molar-refractivity contribution is 0.669. The van der Waals surface area contributed by atoms with Crippen molar-refractivity contribution in [2.24, 2.45) is 0 Å². The van der Waals surface area contributed by atoms with E-state index in [0.717, 1.165) is 93.6 Å². The molecule has 9 aromatic carbocycles. The fourth-order valence-electron chi connectivity index (χ4n) is 8.68. The van der Waals surface area contributed by atoms with Gasteiger partial charge in [-0.2, -0.15) is 0 Å². The van der Waals surface area contributed by atoms with E-state index in [4.69, 9.17) is 23.8 Å². The molecule has 0 amide bonds. The van der Waals surface area contributed by atoms with Crippen molar-refractivity contribution in [3.05, 3.63) is 188 Å². The Bertz CT molecular complexity index is 3580. The summed E-state index contributed by atoms with van der Waals surface area (Å²) in [5, 5.41) is 8.74. The predicted molar refractivity (Wildman–Crippen MR) is 237 cm³/mol. The quantitative estimate of drug-likeness (QED) is 0.176. The number of benzene rings is 9. The van der Waals surface area contributed by atoms with Crippen LogP contribution in [-0.4, -0.2) is 15.0 Å². The van der Waals surface area contributed by atoms with Gasteiger partial charge >= 0.3 is 0 Å². The smallest absolute Gasteiger partial charge is 0.164 e. The Labute approximate surface area is 332 Å². The minimum absolute atomic E-state index is 0.589. The van der Waals surface area contributed by atoms with Crippen molar-refractivity contribution in [3.63, 3.8) is 0 Å². The van der Waals surface area contributed by atoms with E-state index < -0.39 is 0 Å². The van der Waals surface area contributed by atoms with Crippen LogP contribution in [0.1, 0.15) is 0 Å². The topological polar surface area (TPSA) is 65.0 Å². The molecule has 0 atom stereocenters. The second kappa shape index (κ2) is 12.8. The molecule has 0 aliphatic heterocycles. The summed E-state index contributed by atoms with van der Waals surface area (Å²) in [4.78, 5) is 15.5. The minimum atomic E-state index is 0.589. The zero-order valence-corrected chi connectivity index (χ0v) is 31.1. The average molecular weight is 742 g/mol. The number of para-hydroxylation sites is 2. The van der Waals surface area contributed by atoms with Gasteiger partial charge in [0.15, 0.2) is 17.5 Å². The number of nitrogens with zero attached hydrogens (tertiary/aromatic N) is 3. The summed E-state index contributed by atoms with van der Waals surface area (Å²) in [6.07, 6.45) is 0. The third-order valence-electron chi connectivity index (χ3n) is 11.3. The standard InChI is InChI=1S/C53H31N3O2/c1-2-14-33(15-3-1)51-54-52(56-53(55-51)44-23-12-25-46-49(44)42-19-8-9-24-45(42)57-46)41-30-29-39(37-17-6-7-18-38(37)41)40-21-11-26-47-48(40)43-22-10-20-36(50(43)58-47)35-28-27-32-13-4-5-16-34(32)31-35/h1-31H. The van der Waals surface area contributed by atoms with Crippen molar-refractivity contribution in [2.45, 2.75) is 0 Å². The first-order valence-corrected chi connectivity index (χ1v) is 19.4. The normalized spacial score (nSPS) is 11.8. The molecular formula is C53H31N3O2. The molecule has 12 aromatic rings. The SMILES string of the molecule is c1ccc(-c2nc(-c3ccc(-c4cccc5oc6c(-c7ccc8ccccc8c7)cccc6c45)c4ccccc34)nc(-c3cccc4oc5ccccc5c34)n2)cc1. The molecule has 3 heterocycles. The van der Waals surface area contributed by atoms with Crippen LogP contribution in [0.3, 0.4) is 0 Å². The van der Waals surface area contributed by atoms with Gasteiger partial charge in [0.25, 0.3) is 0 Å². The van der Waals surface area contributed by atoms with E-state index in [9.17, 15) is 0 Å². The van der Waals surface area contributed by atoms with Crippen molar-refractivity contribution >= 4 is 65.4 Å². The van der Waals surface area contributed by atoms with Crippen LogP contribution >= 0.6 is 0 Å². The maximum absolute atomic E-state index is 6.75. The molecule has 0 N–H and O–H groups in total. The Kier molecular flexibility index (Phi) is 7.16. The van der Waals surface area contributed by atoms with Crippen LogP contribution < -0.4 is 0 Å². The molecule has 0 aliphatic rings. The molecule has 12 rings (SSSR count). The highest BCUT2D eigenvalue weighted by Gasteiger charge is 2.21. The summed E-state index contributed by atoms with van der Waals surface area (Å²) in [5.41, 5.74) is 10.5. The molecule has 58 heavy (non-hydrogen) atoms. The summed E-state index contributed by atoms with van der Waals surface area (Å²) in [5.74, 6) is 1.80. The molecule has 0 saturated carbocycles. The molecule has 0 radical (unpaired) electrons. The zero-order chi connectivity index (χ0) is 38.2. The van der Waals surface area contributed by atoms with E-state index in [1.165, 1.54) is 10.8 Å². The highest BCUT2D eigenvalue weighted by Crippen LogP contribution is 2.44. The lowest BCUT2D eigenvalue weighted by atomic mass is 9.91. The van der Waals surface area contributed by atoms with E-state index in [0.29, 0.717) is 17.5 Å². The van der Waals surface area contributed by atoms with Crippen LogP contribution in [0.4, 0.5) is 0 Å². The van der Waals surface area contributed by atoms with Gasteiger partial charge < -0.3 is 8.83 Å². The van der Waals surface area contributed by atoms with Crippen LogP contribution in [0.15, 0.2) is 197 Å². The van der Waals surface area contributed by atoms with Gasteiger partial charge in [-0.1, -0.05) is 158 Å². The summed E-state index contributed by atoms with van der Waals surface area (Å²) in [7, 11) is 0. The predicted octanol–water partition coefficient (Wildman–Crippen LogP) is 14.3. The van der Waals surface area contributed by atoms with E-state index in [2.05, 4.69) is 127 Å². The van der Waals surface area contributed by atoms with Crippen LogP contribution in [-0.2, 0) is 0 Å². The minimum Gasteiger partial charge on any atom is -0.456 e. The van der Waals surface area contributed by atoms with Crippen molar-refractivity contribution in [1.29, 1.82) is 0 Å². The molecule has 270 valence electrons. The van der Waals surface area contributed by atoms with Gasteiger partial charge in [0.05, 0.1) is 0 Å². The lowest BCUT2D eigenvalue weighted by Gasteiger charge is -2.14. The summed E-state index contributed by atoms with van der Waals surface area (Å²) in [6.45, 7) is 0. The summed E-state index contributed by atoms with van der Waals surface area (Å²) >= 11 is 0. The molecule has 0 spiro atoms. The van der Waals surface area contributed by atoms with Gasteiger partial charge in [-0.05, 0) is 68.6 Å². The van der Waals surface area contributed by atoms with Gasteiger partial charge in [-0.3, -0.25) is 0 Å². The third kappa shape index (κ3) is 5.07. The maximum atomic E-state index is 6.75. The highest BCUT2D eigenvalue weighted by atomic mass is 16.3. The fraction of sp³-hybridized carbons (Fsp3) is 0. The second-order valence-corrected chi connectivity index (χ2v) is 14.7. The Morgan fingerprint density at radius 1 is 0.293 bits per heavy atom. The highest BCUT2D eigenvalue weighted by molar-refractivity contribution is 6.18. The summed E-state index contributed by atoms with van der Waals surface area (Å²) in [6, 6.07) is 65.1. The number of hydrogen-bond acceptors (Lipinski definition) is 5. The Hall–Kier alpha value is -7.89. The van der Waals surface area contributed by atoms with Crippen molar-refractivity contribution in [2.75, 3.05) is 0 Å². The van der Waals surface area contributed by atoms with Crippen molar-refractivity contribution in [1.82, 2.24) is 15.0 Å². The van der Waals surface area contributed by atoms with E-state index in [1.807, 2.05) is 60.7 Å². The molecular weight excluding hydrogens is 711 g/mol. The summed E-state index contributed by atoms with van der Waals surface area (Å²) < 4.78 is 13.0. The Morgan fingerprint density at radius 3 is 1.71 bits per heavy atom. The molecule has 0 unspecified atom stereocenters. The number of furan rings is 2. The number of hydrogen-bond donors (Lipinski definition) is 0. The van der Waals surface area contributed by atoms with Gasteiger partial charge in [0, 0.05) is 43.8 Å². The number of rotatable bonds is 5. The van der Waals surface area contributed by atoms with Gasteiger partial charge in [0.1, 0.15) is 22.3 Å². The first-order chi connectivity index (χ1) is 28.7. The third-order valence-corrected chi connectivity index (χ3v) is 11.3. The molecule has 0 fully saturated rings. The van der Waals surface area contributed by atoms with Crippen molar-refractivity contribution in [3.8, 4) is 56.4 Å². The average Bonchev–Trinajstić information content (AvgIpc) is 3.88. The fourth-order valence-corrected chi connectivity index (χ4v) is 8.68. The van der Waals surface area contributed by atoms with Gasteiger partial charge in [0.2, 0.25) is 0 Å². The van der Waals surface area contributed by atoms with E-state index in [1.54, 1.807) is 0 Å². The molecule has 5 nitrogen and oxygen atoms in total. The van der Waals surface area contributed by atoms with Crippen LogP contribution in [0.5, 0.6) is 0 Å². The van der Waals surface area contributed by atoms with E-state index >= 15 is 0 Å². The molecule has 5 heteroatoms.